The SMILES string of the molecule is O=C(NCCOc1ccccc1Cl)c1ccc(CSc2ccc(Cl)cc2)cc1. The number of ether oxygens (including phenoxy) is 1. The molecule has 28 heavy (non-hydrogen) atoms. The Bertz CT molecular complexity index is 915. The van der Waals surface area contributed by atoms with E-state index in [0.717, 1.165) is 21.2 Å². The highest BCUT2D eigenvalue weighted by atomic mass is 35.5. The van der Waals surface area contributed by atoms with Crippen LogP contribution in [0, 0.1) is 0 Å². The number of thioether (sulfide) groups is 1. The fourth-order valence-corrected chi connectivity index (χ4v) is 3.61. The minimum Gasteiger partial charge on any atom is -0.490 e. The van der Waals surface area contributed by atoms with Crippen molar-refractivity contribution in [2.45, 2.75) is 10.6 Å². The molecule has 0 radical (unpaired) electrons. The van der Waals surface area contributed by atoms with Gasteiger partial charge in [0.2, 0.25) is 0 Å². The van der Waals surface area contributed by atoms with E-state index >= 15 is 0 Å². The molecular weight excluding hydrogens is 413 g/mol. The molecule has 0 heterocycles. The van der Waals surface area contributed by atoms with Gasteiger partial charge in [0.25, 0.3) is 5.91 Å². The van der Waals surface area contributed by atoms with Gasteiger partial charge in [-0.2, -0.15) is 0 Å². The zero-order valence-corrected chi connectivity index (χ0v) is 17.4. The lowest BCUT2D eigenvalue weighted by Crippen LogP contribution is -2.28. The number of para-hydroxylation sites is 1. The molecule has 0 saturated heterocycles. The van der Waals surface area contributed by atoms with Crippen LogP contribution in [0.3, 0.4) is 0 Å². The molecular formula is C22H19Cl2NO2S. The van der Waals surface area contributed by atoms with E-state index in [1.54, 1.807) is 23.9 Å². The smallest absolute Gasteiger partial charge is 0.251 e. The van der Waals surface area contributed by atoms with Crippen molar-refractivity contribution in [3.05, 3.63) is 94.0 Å². The molecule has 0 saturated carbocycles. The summed E-state index contributed by atoms with van der Waals surface area (Å²) < 4.78 is 5.57. The zero-order chi connectivity index (χ0) is 19.8. The second-order valence-corrected chi connectivity index (χ2v) is 7.87. The minimum absolute atomic E-state index is 0.125. The molecule has 0 bridgehead atoms. The maximum absolute atomic E-state index is 12.2. The number of halogens is 2. The summed E-state index contributed by atoms with van der Waals surface area (Å²) in [5.41, 5.74) is 1.77. The number of carbonyl (C=O) groups excluding carboxylic acids is 1. The molecule has 0 aliphatic heterocycles. The molecule has 3 aromatic rings. The van der Waals surface area contributed by atoms with E-state index in [4.69, 9.17) is 27.9 Å². The van der Waals surface area contributed by atoms with Gasteiger partial charge in [-0.1, -0.05) is 47.5 Å². The molecule has 0 aromatic heterocycles. The van der Waals surface area contributed by atoms with Gasteiger partial charge in [-0.25, -0.2) is 0 Å². The average Bonchev–Trinajstić information content (AvgIpc) is 2.72. The van der Waals surface area contributed by atoms with E-state index in [-0.39, 0.29) is 5.91 Å². The van der Waals surface area contributed by atoms with Gasteiger partial charge in [0.05, 0.1) is 11.6 Å². The molecule has 3 nitrogen and oxygen atoms in total. The van der Waals surface area contributed by atoms with Crippen LogP contribution in [0.1, 0.15) is 15.9 Å². The molecule has 0 fully saturated rings. The van der Waals surface area contributed by atoms with Gasteiger partial charge in [0.15, 0.2) is 0 Å². The van der Waals surface area contributed by atoms with Crippen LogP contribution >= 0.6 is 35.0 Å². The van der Waals surface area contributed by atoms with E-state index in [0.29, 0.717) is 29.5 Å². The summed E-state index contributed by atoms with van der Waals surface area (Å²) in [6.07, 6.45) is 0. The topological polar surface area (TPSA) is 38.3 Å². The summed E-state index contributed by atoms with van der Waals surface area (Å²) in [5, 5.41) is 4.14. The maximum Gasteiger partial charge on any atom is 0.251 e. The molecule has 0 aliphatic rings. The Labute approximate surface area is 179 Å². The van der Waals surface area contributed by atoms with Gasteiger partial charge in [0.1, 0.15) is 12.4 Å². The van der Waals surface area contributed by atoms with Crippen LogP contribution in [0.25, 0.3) is 0 Å². The van der Waals surface area contributed by atoms with E-state index < -0.39 is 0 Å². The van der Waals surface area contributed by atoms with Gasteiger partial charge in [-0.3, -0.25) is 4.79 Å². The first-order valence-electron chi connectivity index (χ1n) is 8.74. The van der Waals surface area contributed by atoms with E-state index in [2.05, 4.69) is 5.32 Å². The molecule has 0 atom stereocenters. The summed E-state index contributed by atoms with van der Waals surface area (Å²) in [5.74, 6) is 1.32. The van der Waals surface area contributed by atoms with Crippen LogP contribution in [0.4, 0.5) is 0 Å². The number of carbonyl (C=O) groups is 1. The highest BCUT2D eigenvalue weighted by Gasteiger charge is 2.06. The third-order valence-electron chi connectivity index (χ3n) is 3.92. The van der Waals surface area contributed by atoms with Crippen LogP contribution in [-0.4, -0.2) is 19.1 Å². The quantitative estimate of drug-likeness (QED) is 0.346. The second kappa shape index (κ2) is 10.4. The number of benzene rings is 3. The Kier molecular flexibility index (Phi) is 7.66. The van der Waals surface area contributed by atoms with Gasteiger partial charge < -0.3 is 10.1 Å². The molecule has 3 rings (SSSR count). The molecule has 1 N–H and O–H groups in total. The number of nitrogens with one attached hydrogen (secondary N) is 1. The van der Waals surface area contributed by atoms with Gasteiger partial charge >= 0.3 is 0 Å². The molecule has 144 valence electrons. The number of amides is 1. The Morgan fingerprint density at radius 3 is 2.36 bits per heavy atom. The zero-order valence-electron chi connectivity index (χ0n) is 15.0. The van der Waals surface area contributed by atoms with Crippen molar-refractivity contribution < 1.29 is 9.53 Å². The molecule has 3 aromatic carbocycles. The second-order valence-electron chi connectivity index (χ2n) is 5.97. The van der Waals surface area contributed by atoms with Crippen LogP contribution in [0.15, 0.2) is 77.7 Å². The Morgan fingerprint density at radius 2 is 1.64 bits per heavy atom. The Balaban J connectivity index is 1.43. The first-order valence-corrected chi connectivity index (χ1v) is 10.5. The highest BCUT2D eigenvalue weighted by Crippen LogP contribution is 2.24. The predicted molar refractivity (Wildman–Crippen MR) is 117 cm³/mol. The summed E-state index contributed by atoms with van der Waals surface area (Å²) in [6.45, 7) is 0.753. The third kappa shape index (κ3) is 6.20. The Hall–Kier alpha value is -2.14. The van der Waals surface area contributed by atoms with Crippen molar-refractivity contribution in [2.75, 3.05) is 13.2 Å². The summed E-state index contributed by atoms with van der Waals surface area (Å²) in [4.78, 5) is 13.4. The van der Waals surface area contributed by atoms with Crippen molar-refractivity contribution in [1.29, 1.82) is 0 Å². The first kappa shape index (κ1) is 20.6. The molecule has 0 unspecified atom stereocenters. The first-order chi connectivity index (χ1) is 13.6. The molecule has 6 heteroatoms. The summed E-state index contributed by atoms with van der Waals surface area (Å²) >= 11 is 13.7. The van der Waals surface area contributed by atoms with Crippen LogP contribution < -0.4 is 10.1 Å². The van der Waals surface area contributed by atoms with E-state index in [9.17, 15) is 4.79 Å². The van der Waals surface area contributed by atoms with E-state index in [1.807, 2.05) is 60.7 Å². The minimum atomic E-state index is -0.125. The fourth-order valence-electron chi connectivity index (χ4n) is 2.44. The van der Waals surface area contributed by atoms with E-state index in [1.165, 1.54) is 0 Å². The normalized spacial score (nSPS) is 10.5. The monoisotopic (exact) mass is 431 g/mol. The van der Waals surface area contributed by atoms with Gasteiger partial charge in [-0.15, -0.1) is 11.8 Å². The van der Waals surface area contributed by atoms with Crippen molar-refractivity contribution in [3.8, 4) is 5.75 Å². The predicted octanol–water partition coefficient (Wildman–Crippen LogP) is 6.09. The summed E-state index contributed by atoms with van der Waals surface area (Å²) in [7, 11) is 0. The maximum atomic E-state index is 12.2. The van der Waals surface area contributed by atoms with Crippen LogP contribution in [0.5, 0.6) is 5.75 Å². The van der Waals surface area contributed by atoms with Gasteiger partial charge in [0, 0.05) is 21.2 Å². The highest BCUT2D eigenvalue weighted by molar-refractivity contribution is 7.98. The molecule has 0 aliphatic carbocycles. The molecule has 0 spiro atoms. The standard InChI is InChI=1S/C22H19Cl2NO2S/c23-18-9-11-19(12-10-18)28-15-16-5-7-17(8-6-16)22(26)25-13-14-27-21-4-2-1-3-20(21)24/h1-12H,13-15H2,(H,25,26). The van der Waals surface area contributed by atoms with Gasteiger partial charge in [-0.05, 0) is 54.1 Å². The largest absolute Gasteiger partial charge is 0.490 e. The van der Waals surface area contributed by atoms with Crippen molar-refractivity contribution in [1.82, 2.24) is 5.32 Å². The molecule has 1 amide bonds. The van der Waals surface area contributed by atoms with Crippen molar-refractivity contribution in [3.63, 3.8) is 0 Å². The lowest BCUT2D eigenvalue weighted by molar-refractivity contribution is 0.0947. The summed E-state index contributed by atoms with van der Waals surface area (Å²) in [6, 6.07) is 22.6. The number of hydrogen-bond donors (Lipinski definition) is 1. The lowest BCUT2D eigenvalue weighted by Gasteiger charge is -2.09. The van der Waals surface area contributed by atoms with Crippen LogP contribution in [-0.2, 0) is 5.75 Å². The fraction of sp³-hybridized carbons (Fsp3) is 0.136. The third-order valence-corrected chi connectivity index (χ3v) is 5.56. The van der Waals surface area contributed by atoms with Crippen LogP contribution in [0.2, 0.25) is 10.0 Å². The lowest BCUT2D eigenvalue weighted by atomic mass is 10.1. The number of hydrogen-bond acceptors (Lipinski definition) is 3. The number of rotatable bonds is 8. The Morgan fingerprint density at radius 1 is 0.929 bits per heavy atom. The van der Waals surface area contributed by atoms with Crippen molar-refractivity contribution in [2.24, 2.45) is 0 Å². The average molecular weight is 432 g/mol. The van der Waals surface area contributed by atoms with Crippen molar-refractivity contribution >= 4 is 40.9 Å².